The molecule has 0 aliphatic heterocycles. The molecule has 0 heterocycles. The van der Waals surface area contributed by atoms with Gasteiger partial charge in [-0.1, -0.05) is 34.1 Å². The minimum absolute atomic E-state index is 0.0521. The molecule has 0 aliphatic carbocycles. The first-order chi connectivity index (χ1) is 8.08. The average molecular weight is 244 g/mol. The summed E-state index contributed by atoms with van der Waals surface area (Å²) in [4.78, 5) is 23.6. The third kappa shape index (κ3) is 5.71. The number of esters is 2. The van der Waals surface area contributed by atoms with Crippen LogP contribution in [0.15, 0.2) is 0 Å². The highest BCUT2D eigenvalue weighted by Gasteiger charge is 2.34. The molecule has 0 N–H and O–H groups in total. The van der Waals surface area contributed by atoms with E-state index in [-0.39, 0.29) is 5.92 Å². The monoisotopic (exact) mass is 244 g/mol. The van der Waals surface area contributed by atoms with Gasteiger partial charge in [0.15, 0.2) is 5.92 Å². The topological polar surface area (TPSA) is 52.6 Å². The van der Waals surface area contributed by atoms with Crippen LogP contribution in [0.1, 0.15) is 47.0 Å². The van der Waals surface area contributed by atoms with Crippen molar-refractivity contribution in [2.75, 3.05) is 13.2 Å². The Balaban J connectivity index is 4.51. The standard InChI is InChI=1S/C13H24O4/c1-5-8-16-12(14)11(10(4)7-3)13(15)17-9-6-2/h10-11H,5-9H2,1-4H3. The van der Waals surface area contributed by atoms with Crippen LogP contribution < -0.4 is 0 Å². The van der Waals surface area contributed by atoms with Gasteiger partial charge in [0.05, 0.1) is 13.2 Å². The van der Waals surface area contributed by atoms with Crippen molar-refractivity contribution in [3.63, 3.8) is 0 Å². The van der Waals surface area contributed by atoms with Crippen molar-refractivity contribution >= 4 is 11.9 Å². The van der Waals surface area contributed by atoms with Crippen LogP contribution >= 0.6 is 0 Å². The van der Waals surface area contributed by atoms with Gasteiger partial charge in [0.1, 0.15) is 0 Å². The van der Waals surface area contributed by atoms with Crippen molar-refractivity contribution in [3.8, 4) is 0 Å². The summed E-state index contributed by atoms with van der Waals surface area (Å²) < 4.78 is 10.1. The molecule has 4 nitrogen and oxygen atoms in total. The Morgan fingerprint density at radius 1 is 0.941 bits per heavy atom. The van der Waals surface area contributed by atoms with Crippen LogP contribution in [-0.4, -0.2) is 25.2 Å². The van der Waals surface area contributed by atoms with Crippen molar-refractivity contribution in [1.29, 1.82) is 0 Å². The molecule has 4 heteroatoms. The van der Waals surface area contributed by atoms with Crippen LogP contribution in [0.4, 0.5) is 0 Å². The SMILES string of the molecule is CCCOC(=O)C(C(=O)OCCC)C(C)CC. The predicted molar refractivity (Wildman–Crippen MR) is 65.4 cm³/mol. The van der Waals surface area contributed by atoms with E-state index in [1.165, 1.54) is 0 Å². The summed E-state index contributed by atoms with van der Waals surface area (Å²) in [6, 6.07) is 0. The highest BCUT2D eigenvalue weighted by molar-refractivity contribution is 5.95. The lowest BCUT2D eigenvalue weighted by atomic mass is 9.92. The van der Waals surface area contributed by atoms with Crippen molar-refractivity contribution in [2.45, 2.75) is 47.0 Å². The van der Waals surface area contributed by atoms with E-state index in [2.05, 4.69) is 0 Å². The van der Waals surface area contributed by atoms with E-state index < -0.39 is 17.9 Å². The van der Waals surface area contributed by atoms with Crippen LogP contribution in [0, 0.1) is 11.8 Å². The Morgan fingerprint density at radius 3 is 1.65 bits per heavy atom. The lowest BCUT2D eigenvalue weighted by Crippen LogP contribution is -2.33. The molecule has 0 rings (SSSR count). The molecule has 0 spiro atoms. The Morgan fingerprint density at radius 2 is 1.35 bits per heavy atom. The van der Waals surface area contributed by atoms with Crippen LogP contribution in [0.2, 0.25) is 0 Å². The lowest BCUT2D eigenvalue weighted by molar-refractivity contribution is -0.164. The first kappa shape index (κ1) is 15.9. The molecule has 0 radical (unpaired) electrons. The maximum Gasteiger partial charge on any atom is 0.320 e. The fourth-order valence-corrected chi connectivity index (χ4v) is 1.38. The van der Waals surface area contributed by atoms with Crippen LogP contribution in [0.25, 0.3) is 0 Å². The second-order valence-electron chi connectivity index (χ2n) is 4.20. The first-order valence-electron chi connectivity index (χ1n) is 6.41. The minimum Gasteiger partial charge on any atom is -0.465 e. The van der Waals surface area contributed by atoms with Crippen molar-refractivity contribution in [2.24, 2.45) is 11.8 Å². The fraction of sp³-hybridized carbons (Fsp3) is 0.846. The van der Waals surface area contributed by atoms with E-state index in [1.54, 1.807) is 0 Å². The molecular formula is C13H24O4. The molecule has 0 amide bonds. The molecule has 0 bridgehead atoms. The van der Waals surface area contributed by atoms with Gasteiger partial charge in [0.25, 0.3) is 0 Å². The van der Waals surface area contributed by atoms with E-state index in [0.717, 1.165) is 19.3 Å². The Hall–Kier alpha value is -1.06. The third-order valence-corrected chi connectivity index (χ3v) is 2.62. The van der Waals surface area contributed by atoms with Crippen LogP contribution in [-0.2, 0) is 19.1 Å². The van der Waals surface area contributed by atoms with Gasteiger partial charge in [-0.05, 0) is 18.8 Å². The van der Waals surface area contributed by atoms with Crippen molar-refractivity contribution in [1.82, 2.24) is 0 Å². The van der Waals surface area contributed by atoms with E-state index in [9.17, 15) is 9.59 Å². The van der Waals surface area contributed by atoms with Crippen molar-refractivity contribution < 1.29 is 19.1 Å². The molecule has 0 saturated carbocycles. The number of hydrogen-bond acceptors (Lipinski definition) is 4. The minimum atomic E-state index is -0.780. The number of hydrogen-bond donors (Lipinski definition) is 0. The molecule has 0 fully saturated rings. The molecule has 0 aliphatic rings. The van der Waals surface area contributed by atoms with E-state index in [4.69, 9.17) is 9.47 Å². The predicted octanol–water partition coefficient (Wildman–Crippen LogP) is 2.56. The molecule has 1 atom stereocenters. The largest absolute Gasteiger partial charge is 0.465 e. The second kappa shape index (κ2) is 9.02. The second-order valence-corrected chi connectivity index (χ2v) is 4.20. The van der Waals surface area contributed by atoms with E-state index >= 15 is 0 Å². The molecule has 100 valence electrons. The Kier molecular flexibility index (Phi) is 8.46. The van der Waals surface area contributed by atoms with E-state index in [1.807, 2.05) is 27.7 Å². The zero-order valence-corrected chi connectivity index (χ0v) is 11.3. The number of rotatable bonds is 8. The zero-order chi connectivity index (χ0) is 13.3. The third-order valence-electron chi connectivity index (χ3n) is 2.62. The molecule has 0 aromatic carbocycles. The van der Waals surface area contributed by atoms with Gasteiger partial charge in [-0.25, -0.2) is 0 Å². The van der Waals surface area contributed by atoms with Crippen LogP contribution in [0.5, 0.6) is 0 Å². The number of carbonyl (C=O) groups excluding carboxylic acids is 2. The molecule has 0 saturated heterocycles. The summed E-state index contributed by atoms with van der Waals surface area (Å²) in [5.41, 5.74) is 0. The summed E-state index contributed by atoms with van der Waals surface area (Å²) in [5.74, 6) is -1.74. The normalized spacial score (nSPS) is 12.3. The molecular weight excluding hydrogens is 220 g/mol. The Labute approximate surface area is 104 Å². The Bertz CT molecular complexity index is 218. The summed E-state index contributed by atoms with van der Waals surface area (Å²) in [6.07, 6.45) is 2.25. The van der Waals surface area contributed by atoms with Crippen LogP contribution in [0.3, 0.4) is 0 Å². The summed E-state index contributed by atoms with van der Waals surface area (Å²) in [5, 5.41) is 0. The lowest BCUT2D eigenvalue weighted by Gasteiger charge is -2.19. The zero-order valence-electron chi connectivity index (χ0n) is 11.3. The maximum absolute atomic E-state index is 11.8. The molecule has 17 heavy (non-hydrogen) atoms. The highest BCUT2D eigenvalue weighted by atomic mass is 16.6. The summed E-state index contributed by atoms with van der Waals surface area (Å²) in [6.45, 7) is 8.35. The smallest absolute Gasteiger partial charge is 0.320 e. The van der Waals surface area contributed by atoms with Gasteiger partial charge in [-0.3, -0.25) is 9.59 Å². The quantitative estimate of drug-likeness (QED) is 0.486. The molecule has 1 unspecified atom stereocenters. The van der Waals surface area contributed by atoms with Gasteiger partial charge in [0.2, 0.25) is 0 Å². The maximum atomic E-state index is 11.8. The average Bonchev–Trinajstić information content (AvgIpc) is 2.33. The van der Waals surface area contributed by atoms with Gasteiger partial charge in [-0.2, -0.15) is 0 Å². The first-order valence-corrected chi connectivity index (χ1v) is 6.41. The van der Waals surface area contributed by atoms with Crippen molar-refractivity contribution in [3.05, 3.63) is 0 Å². The number of ether oxygens (including phenoxy) is 2. The fourth-order valence-electron chi connectivity index (χ4n) is 1.38. The number of carbonyl (C=O) groups is 2. The highest BCUT2D eigenvalue weighted by Crippen LogP contribution is 2.19. The molecule has 0 aromatic heterocycles. The van der Waals surface area contributed by atoms with Gasteiger partial charge < -0.3 is 9.47 Å². The molecule has 0 aromatic rings. The van der Waals surface area contributed by atoms with Gasteiger partial charge in [-0.15, -0.1) is 0 Å². The van der Waals surface area contributed by atoms with E-state index in [0.29, 0.717) is 13.2 Å². The van der Waals surface area contributed by atoms with Gasteiger partial charge in [0, 0.05) is 0 Å². The summed E-state index contributed by atoms with van der Waals surface area (Å²) >= 11 is 0. The summed E-state index contributed by atoms with van der Waals surface area (Å²) in [7, 11) is 0. The van der Waals surface area contributed by atoms with Gasteiger partial charge >= 0.3 is 11.9 Å².